The van der Waals surface area contributed by atoms with E-state index in [-0.39, 0.29) is 0 Å². The van der Waals surface area contributed by atoms with E-state index in [0.29, 0.717) is 0 Å². The van der Waals surface area contributed by atoms with Crippen molar-refractivity contribution < 1.29 is 0 Å². The lowest BCUT2D eigenvalue weighted by molar-refractivity contribution is 1.02. The molecule has 1 unspecified atom stereocenters. The number of benzene rings is 1. The Kier molecular flexibility index (Phi) is 3.18. The molecular weight excluding hydrogens is 180 g/mol. The molecule has 0 amide bonds. The molecule has 1 aliphatic rings. The smallest absolute Gasteiger partial charge is 0.0191 e. The molecule has 1 aliphatic carbocycles. The molecule has 1 aromatic rings. The molecule has 0 heteroatoms. The van der Waals surface area contributed by atoms with Gasteiger partial charge < -0.3 is 0 Å². The Hall–Kier alpha value is -1.56. The van der Waals surface area contributed by atoms with Gasteiger partial charge >= 0.3 is 0 Å². The Bertz CT molecular complexity index is 393. The highest BCUT2D eigenvalue weighted by Gasteiger charge is 2.22. The summed E-state index contributed by atoms with van der Waals surface area (Å²) in [5, 5.41) is 0. The van der Waals surface area contributed by atoms with Gasteiger partial charge in [0.15, 0.2) is 0 Å². The van der Waals surface area contributed by atoms with Crippen LogP contribution in [0.4, 0.5) is 0 Å². The lowest BCUT2D eigenvalue weighted by Gasteiger charge is -1.87. The van der Waals surface area contributed by atoms with Crippen LogP contribution in [0.1, 0.15) is 18.9 Å². The van der Waals surface area contributed by atoms with Gasteiger partial charge in [0.25, 0.3) is 0 Å². The van der Waals surface area contributed by atoms with Crippen LogP contribution in [-0.2, 0) is 0 Å². The third-order valence-corrected chi connectivity index (χ3v) is 2.64. The van der Waals surface area contributed by atoms with Gasteiger partial charge in [0.2, 0.25) is 0 Å². The maximum atomic E-state index is 2.26. The van der Waals surface area contributed by atoms with E-state index >= 15 is 0 Å². The van der Waals surface area contributed by atoms with Crippen LogP contribution in [-0.4, -0.2) is 0 Å². The Morgan fingerprint density at radius 3 is 2.47 bits per heavy atom. The van der Waals surface area contributed by atoms with Crippen molar-refractivity contribution in [3.05, 3.63) is 65.8 Å². The second kappa shape index (κ2) is 4.79. The van der Waals surface area contributed by atoms with Crippen molar-refractivity contribution in [1.82, 2.24) is 0 Å². The fraction of sp³-hybridized carbons (Fsp3) is 0.200. The minimum Gasteiger partial charge on any atom is -0.0665 e. The fourth-order valence-electron chi connectivity index (χ4n) is 1.50. The molecule has 0 aromatic heterocycles. The van der Waals surface area contributed by atoms with Gasteiger partial charge in [-0.05, 0) is 17.9 Å². The van der Waals surface area contributed by atoms with E-state index < -0.39 is 0 Å². The topological polar surface area (TPSA) is 0 Å². The fourth-order valence-corrected chi connectivity index (χ4v) is 1.50. The summed E-state index contributed by atoms with van der Waals surface area (Å²) in [4.78, 5) is 0. The first-order valence-corrected chi connectivity index (χ1v) is 5.45. The Morgan fingerprint density at radius 2 is 1.80 bits per heavy atom. The van der Waals surface area contributed by atoms with Gasteiger partial charge in [-0.25, -0.2) is 0 Å². The van der Waals surface area contributed by atoms with Gasteiger partial charge in [-0.15, -0.1) is 0 Å². The molecule has 1 saturated carbocycles. The molecule has 0 N–H and O–H groups in total. The van der Waals surface area contributed by atoms with Crippen LogP contribution in [0.2, 0.25) is 0 Å². The Morgan fingerprint density at radius 1 is 1.07 bits per heavy atom. The summed E-state index contributed by atoms with van der Waals surface area (Å²) in [5.41, 5.74) is 2.81. The number of hydrogen-bond donors (Lipinski definition) is 0. The monoisotopic (exact) mass is 196 g/mol. The summed E-state index contributed by atoms with van der Waals surface area (Å²) in [5.74, 6) is 0.827. The standard InChI is InChI=1S/C15H16/c1-13-12-15(13)11-7-3-6-10-14-8-4-2-5-9-14/h2-11,13H,12H2,1H3. The highest BCUT2D eigenvalue weighted by atomic mass is 14.3. The molecule has 0 heterocycles. The molecular formula is C15H16. The first-order chi connectivity index (χ1) is 7.36. The van der Waals surface area contributed by atoms with E-state index in [1.165, 1.54) is 12.0 Å². The van der Waals surface area contributed by atoms with Crippen molar-refractivity contribution in [2.45, 2.75) is 13.3 Å². The highest BCUT2D eigenvalue weighted by molar-refractivity contribution is 5.50. The van der Waals surface area contributed by atoms with Gasteiger partial charge in [0.1, 0.15) is 0 Å². The van der Waals surface area contributed by atoms with Gasteiger partial charge in [-0.3, -0.25) is 0 Å². The molecule has 15 heavy (non-hydrogen) atoms. The van der Waals surface area contributed by atoms with Crippen LogP contribution in [0.5, 0.6) is 0 Å². The zero-order chi connectivity index (χ0) is 10.5. The summed E-state index contributed by atoms with van der Waals surface area (Å²) in [7, 11) is 0. The lowest BCUT2D eigenvalue weighted by Crippen LogP contribution is -1.66. The van der Waals surface area contributed by atoms with Gasteiger partial charge in [-0.2, -0.15) is 0 Å². The van der Waals surface area contributed by atoms with Crippen LogP contribution >= 0.6 is 0 Å². The molecule has 2 rings (SSSR count). The summed E-state index contributed by atoms with van der Waals surface area (Å²) >= 11 is 0. The lowest BCUT2D eigenvalue weighted by atomic mass is 10.2. The maximum Gasteiger partial charge on any atom is -0.0191 e. The average molecular weight is 196 g/mol. The van der Waals surface area contributed by atoms with E-state index in [4.69, 9.17) is 0 Å². The third-order valence-electron chi connectivity index (χ3n) is 2.64. The SMILES string of the molecule is CC1CC1=CC=CC=Cc1ccccc1. The van der Waals surface area contributed by atoms with E-state index in [9.17, 15) is 0 Å². The molecule has 0 bridgehead atoms. The maximum absolute atomic E-state index is 2.26. The number of hydrogen-bond acceptors (Lipinski definition) is 0. The molecule has 0 aliphatic heterocycles. The first-order valence-electron chi connectivity index (χ1n) is 5.45. The molecule has 0 spiro atoms. The molecule has 1 aromatic carbocycles. The molecule has 1 fully saturated rings. The van der Waals surface area contributed by atoms with Crippen molar-refractivity contribution in [3.63, 3.8) is 0 Å². The minimum absolute atomic E-state index is 0.827. The number of allylic oxidation sites excluding steroid dienone is 5. The summed E-state index contributed by atoms with van der Waals surface area (Å²) in [6, 6.07) is 10.3. The summed E-state index contributed by atoms with van der Waals surface area (Å²) < 4.78 is 0. The zero-order valence-corrected chi connectivity index (χ0v) is 9.06. The zero-order valence-electron chi connectivity index (χ0n) is 9.06. The van der Waals surface area contributed by atoms with Crippen molar-refractivity contribution in [1.29, 1.82) is 0 Å². The van der Waals surface area contributed by atoms with Crippen molar-refractivity contribution in [2.24, 2.45) is 5.92 Å². The van der Waals surface area contributed by atoms with Crippen LogP contribution < -0.4 is 0 Å². The van der Waals surface area contributed by atoms with E-state index in [2.05, 4.69) is 61.6 Å². The second-order valence-corrected chi connectivity index (χ2v) is 4.00. The normalized spacial score (nSPS) is 23.0. The first kappa shape index (κ1) is 9.97. The van der Waals surface area contributed by atoms with Crippen LogP contribution in [0.3, 0.4) is 0 Å². The second-order valence-electron chi connectivity index (χ2n) is 4.00. The van der Waals surface area contributed by atoms with Crippen molar-refractivity contribution in [2.75, 3.05) is 0 Å². The number of rotatable bonds is 3. The average Bonchev–Trinajstić information content (AvgIpc) is 2.96. The van der Waals surface area contributed by atoms with Gasteiger partial charge in [-0.1, -0.05) is 73.2 Å². The predicted octanol–water partition coefficient (Wildman–Crippen LogP) is 4.22. The molecule has 0 saturated heterocycles. The molecule has 0 radical (unpaired) electrons. The van der Waals surface area contributed by atoms with E-state index in [1.807, 2.05) is 6.07 Å². The van der Waals surface area contributed by atoms with Crippen LogP contribution in [0, 0.1) is 5.92 Å². The van der Waals surface area contributed by atoms with Gasteiger partial charge in [0.05, 0.1) is 0 Å². The predicted molar refractivity (Wildman–Crippen MR) is 66.5 cm³/mol. The Labute approximate surface area is 91.6 Å². The third kappa shape index (κ3) is 3.25. The van der Waals surface area contributed by atoms with E-state index in [1.54, 1.807) is 5.57 Å². The summed E-state index contributed by atoms with van der Waals surface area (Å²) in [6.45, 7) is 2.26. The van der Waals surface area contributed by atoms with Crippen LogP contribution in [0.25, 0.3) is 6.08 Å². The molecule has 76 valence electrons. The van der Waals surface area contributed by atoms with Crippen LogP contribution in [0.15, 0.2) is 60.2 Å². The highest BCUT2D eigenvalue weighted by Crippen LogP contribution is 2.36. The Balaban J connectivity index is 1.85. The van der Waals surface area contributed by atoms with Gasteiger partial charge in [0, 0.05) is 0 Å². The summed E-state index contributed by atoms with van der Waals surface area (Å²) in [6.07, 6.45) is 11.9. The molecule has 1 atom stereocenters. The molecule has 0 nitrogen and oxygen atoms in total. The van der Waals surface area contributed by atoms with Crippen molar-refractivity contribution in [3.8, 4) is 0 Å². The minimum atomic E-state index is 0.827. The van der Waals surface area contributed by atoms with Crippen molar-refractivity contribution >= 4 is 6.08 Å². The van der Waals surface area contributed by atoms with E-state index in [0.717, 1.165) is 5.92 Å². The quantitative estimate of drug-likeness (QED) is 0.635. The largest absolute Gasteiger partial charge is 0.0665 e.